The van der Waals surface area contributed by atoms with Crippen LogP contribution in [0, 0.1) is 10.1 Å². The zero-order valence-electron chi connectivity index (χ0n) is 10.1. The molecule has 0 unspecified atom stereocenters. The molecule has 0 fully saturated rings. The van der Waals surface area contributed by atoms with E-state index in [1.807, 2.05) is 0 Å². The Morgan fingerprint density at radius 2 is 2.37 bits per heavy atom. The van der Waals surface area contributed by atoms with Gasteiger partial charge in [0.25, 0.3) is 5.69 Å². The van der Waals surface area contributed by atoms with Gasteiger partial charge in [0.2, 0.25) is 0 Å². The highest BCUT2D eigenvalue weighted by molar-refractivity contribution is 5.89. The van der Waals surface area contributed by atoms with Crippen LogP contribution in [0.3, 0.4) is 0 Å². The Kier molecular flexibility index (Phi) is 3.56. The summed E-state index contributed by atoms with van der Waals surface area (Å²) < 4.78 is 4.49. The van der Waals surface area contributed by atoms with Crippen LogP contribution in [0.5, 0.6) is 0 Å². The van der Waals surface area contributed by atoms with Crippen LogP contribution in [0.25, 0.3) is 17.0 Å². The number of hydrogen-bond donors (Lipinski definition) is 1. The minimum atomic E-state index is -0.463. The molecule has 1 aromatic carbocycles. The number of carbonyl (C=O) groups excluding carboxylic acids is 1. The molecule has 1 heterocycles. The number of aromatic amines is 1. The van der Waals surface area contributed by atoms with Crippen molar-refractivity contribution < 1.29 is 14.5 Å². The van der Waals surface area contributed by atoms with Gasteiger partial charge < -0.3 is 4.74 Å². The SMILES string of the molecule is COC(=O)CC=Cc1cc([N+](=O)[O-])c2cn[nH]c2c1. The molecule has 98 valence electrons. The van der Waals surface area contributed by atoms with Crippen LogP contribution in [-0.2, 0) is 9.53 Å². The van der Waals surface area contributed by atoms with Gasteiger partial charge >= 0.3 is 5.97 Å². The minimum absolute atomic E-state index is 0.0241. The van der Waals surface area contributed by atoms with Gasteiger partial charge in [-0.15, -0.1) is 0 Å². The molecule has 0 saturated heterocycles. The number of aromatic nitrogens is 2. The summed E-state index contributed by atoms with van der Waals surface area (Å²) in [6.07, 6.45) is 4.75. The van der Waals surface area contributed by atoms with Crippen LogP contribution in [0.4, 0.5) is 5.69 Å². The van der Waals surface area contributed by atoms with Gasteiger partial charge in [-0.05, 0) is 11.6 Å². The number of nitro benzene ring substituents is 1. The van der Waals surface area contributed by atoms with E-state index in [0.29, 0.717) is 16.5 Å². The molecule has 7 heteroatoms. The third kappa shape index (κ3) is 2.76. The molecule has 0 saturated carbocycles. The highest BCUT2D eigenvalue weighted by Gasteiger charge is 2.14. The lowest BCUT2D eigenvalue weighted by Gasteiger charge is -1.97. The third-order valence-corrected chi connectivity index (χ3v) is 2.58. The van der Waals surface area contributed by atoms with E-state index in [2.05, 4.69) is 14.9 Å². The maximum Gasteiger partial charge on any atom is 0.309 e. The van der Waals surface area contributed by atoms with Crippen LogP contribution in [0.15, 0.2) is 24.4 Å². The molecule has 0 bridgehead atoms. The lowest BCUT2D eigenvalue weighted by molar-refractivity contribution is -0.383. The van der Waals surface area contributed by atoms with Gasteiger partial charge in [-0.25, -0.2) is 0 Å². The average molecular weight is 261 g/mol. The number of non-ortho nitro benzene ring substituents is 1. The van der Waals surface area contributed by atoms with Gasteiger partial charge in [-0.1, -0.05) is 12.2 Å². The van der Waals surface area contributed by atoms with Crippen molar-refractivity contribution in [2.75, 3.05) is 7.11 Å². The number of methoxy groups -OCH3 is 1. The lowest BCUT2D eigenvalue weighted by Crippen LogP contribution is -1.96. The second-order valence-corrected chi connectivity index (χ2v) is 3.81. The second kappa shape index (κ2) is 5.30. The average Bonchev–Trinajstić information content (AvgIpc) is 2.85. The Labute approximate surface area is 108 Å². The largest absolute Gasteiger partial charge is 0.469 e. The van der Waals surface area contributed by atoms with E-state index in [9.17, 15) is 14.9 Å². The van der Waals surface area contributed by atoms with Crippen LogP contribution in [0.2, 0.25) is 0 Å². The smallest absolute Gasteiger partial charge is 0.309 e. The Bertz CT molecular complexity index is 660. The first kappa shape index (κ1) is 12.7. The minimum Gasteiger partial charge on any atom is -0.469 e. The van der Waals surface area contributed by atoms with Crippen molar-refractivity contribution in [2.45, 2.75) is 6.42 Å². The fraction of sp³-hybridized carbons (Fsp3) is 0.167. The van der Waals surface area contributed by atoms with E-state index in [0.717, 1.165) is 0 Å². The fourth-order valence-electron chi connectivity index (χ4n) is 1.68. The maximum atomic E-state index is 11.0. The molecule has 19 heavy (non-hydrogen) atoms. The summed E-state index contributed by atoms with van der Waals surface area (Å²) in [5.74, 6) is -0.367. The normalized spacial score (nSPS) is 11.0. The number of nitrogens with zero attached hydrogens (tertiary/aromatic N) is 2. The number of esters is 1. The number of fused-ring (bicyclic) bond motifs is 1. The number of ether oxygens (including phenoxy) is 1. The first-order chi connectivity index (χ1) is 9.11. The molecule has 0 aliphatic rings. The van der Waals surface area contributed by atoms with E-state index in [4.69, 9.17) is 0 Å². The molecule has 0 atom stereocenters. The molecule has 2 aromatic rings. The van der Waals surface area contributed by atoms with Crippen LogP contribution < -0.4 is 0 Å². The monoisotopic (exact) mass is 261 g/mol. The van der Waals surface area contributed by atoms with Gasteiger partial charge in [0, 0.05) is 6.07 Å². The van der Waals surface area contributed by atoms with Crippen molar-refractivity contribution in [1.82, 2.24) is 10.2 Å². The topological polar surface area (TPSA) is 98.1 Å². The van der Waals surface area contributed by atoms with Crippen LogP contribution in [0.1, 0.15) is 12.0 Å². The predicted molar refractivity (Wildman–Crippen MR) is 68.4 cm³/mol. The van der Waals surface area contributed by atoms with Crippen LogP contribution in [-0.4, -0.2) is 28.2 Å². The van der Waals surface area contributed by atoms with E-state index in [1.165, 1.54) is 19.4 Å². The van der Waals surface area contributed by atoms with Gasteiger partial charge in [-0.3, -0.25) is 20.0 Å². The number of rotatable bonds is 4. The standard InChI is InChI=1S/C12H11N3O4/c1-19-12(16)4-2-3-8-5-10-9(7-13-14-10)11(6-8)15(17)18/h2-3,5-7H,4H2,1H3,(H,13,14). The third-order valence-electron chi connectivity index (χ3n) is 2.58. The molecule has 0 aliphatic heterocycles. The summed E-state index contributed by atoms with van der Waals surface area (Å²) in [6, 6.07) is 3.16. The van der Waals surface area contributed by atoms with Crippen molar-refractivity contribution >= 4 is 28.6 Å². The van der Waals surface area contributed by atoms with Gasteiger partial charge in [0.1, 0.15) is 0 Å². The Morgan fingerprint density at radius 1 is 1.58 bits per heavy atom. The summed E-state index contributed by atoms with van der Waals surface area (Å²) in [5.41, 5.74) is 1.17. The molecule has 0 amide bonds. The molecular formula is C12H11N3O4. The maximum absolute atomic E-state index is 11.0. The van der Waals surface area contributed by atoms with Crippen molar-refractivity contribution in [3.05, 3.63) is 40.1 Å². The summed E-state index contributed by atoms with van der Waals surface area (Å²) in [6.45, 7) is 0. The molecule has 1 N–H and O–H groups in total. The van der Waals surface area contributed by atoms with Crippen molar-refractivity contribution in [3.8, 4) is 0 Å². The number of nitrogens with one attached hydrogen (secondary N) is 1. The first-order valence-corrected chi connectivity index (χ1v) is 5.46. The molecule has 1 aromatic heterocycles. The number of H-pyrrole nitrogens is 1. The van der Waals surface area contributed by atoms with Gasteiger partial charge in [0.15, 0.2) is 0 Å². The van der Waals surface area contributed by atoms with Gasteiger partial charge in [0.05, 0.1) is 35.6 Å². The zero-order valence-corrected chi connectivity index (χ0v) is 10.1. The Morgan fingerprint density at radius 3 is 3.05 bits per heavy atom. The fourth-order valence-corrected chi connectivity index (χ4v) is 1.68. The Balaban J connectivity index is 2.34. The quantitative estimate of drug-likeness (QED) is 0.516. The van der Waals surface area contributed by atoms with Crippen LogP contribution >= 0.6 is 0 Å². The van der Waals surface area contributed by atoms with E-state index >= 15 is 0 Å². The summed E-state index contributed by atoms with van der Waals surface area (Å²) in [7, 11) is 1.30. The summed E-state index contributed by atoms with van der Waals surface area (Å²) in [4.78, 5) is 21.4. The van der Waals surface area contributed by atoms with Crippen molar-refractivity contribution in [3.63, 3.8) is 0 Å². The highest BCUT2D eigenvalue weighted by Crippen LogP contribution is 2.26. The first-order valence-electron chi connectivity index (χ1n) is 5.46. The lowest BCUT2D eigenvalue weighted by atomic mass is 10.1. The van der Waals surface area contributed by atoms with E-state index in [1.54, 1.807) is 18.2 Å². The van der Waals surface area contributed by atoms with E-state index in [-0.39, 0.29) is 18.1 Å². The highest BCUT2D eigenvalue weighted by atomic mass is 16.6. The molecule has 0 spiro atoms. The zero-order chi connectivity index (χ0) is 13.8. The Hall–Kier alpha value is -2.70. The molecule has 2 rings (SSSR count). The van der Waals surface area contributed by atoms with E-state index < -0.39 is 4.92 Å². The number of carbonyl (C=O) groups is 1. The number of benzene rings is 1. The molecule has 0 radical (unpaired) electrons. The molecule has 0 aliphatic carbocycles. The van der Waals surface area contributed by atoms with Gasteiger partial charge in [-0.2, -0.15) is 5.10 Å². The number of nitro groups is 1. The van der Waals surface area contributed by atoms with Crippen molar-refractivity contribution in [2.24, 2.45) is 0 Å². The second-order valence-electron chi connectivity index (χ2n) is 3.81. The molecular weight excluding hydrogens is 250 g/mol. The summed E-state index contributed by atoms with van der Waals surface area (Å²) in [5, 5.41) is 17.9. The number of hydrogen-bond acceptors (Lipinski definition) is 5. The summed E-state index contributed by atoms with van der Waals surface area (Å²) >= 11 is 0. The van der Waals surface area contributed by atoms with Crippen molar-refractivity contribution in [1.29, 1.82) is 0 Å². The molecule has 7 nitrogen and oxygen atoms in total. The predicted octanol–water partition coefficient (Wildman–Crippen LogP) is 2.05.